The van der Waals surface area contributed by atoms with Crippen LogP contribution in [0.2, 0.25) is 0 Å². The average molecular weight is 801 g/mol. The number of aromatic nitrogens is 8. The lowest BCUT2D eigenvalue weighted by atomic mass is 9.98. The molecule has 0 bridgehead atoms. The zero-order valence-electron chi connectivity index (χ0n) is 32.7. The average Bonchev–Trinajstić information content (AvgIpc) is 4.15. The predicted octanol–water partition coefficient (Wildman–Crippen LogP) is 12.7. The van der Waals surface area contributed by atoms with Crippen LogP contribution >= 0.6 is 11.3 Å². The van der Waals surface area contributed by atoms with E-state index in [0.29, 0.717) is 0 Å². The second-order valence-corrected chi connectivity index (χ2v) is 16.9. The molecule has 286 valence electrons. The topological polar surface area (TPSA) is 61.8 Å². The van der Waals surface area contributed by atoms with E-state index in [4.69, 9.17) is 15.0 Å². The van der Waals surface area contributed by atoms with Gasteiger partial charge in [-0.05, 0) is 112 Å². The molecular weight excluding hydrogens is 769 g/mol. The van der Waals surface area contributed by atoms with Crippen LogP contribution in [0.5, 0.6) is 0 Å². The van der Waals surface area contributed by atoms with Crippen LogP contribution in [0.15, 0.2) is 176 Å². The Hall–Kier alpha value is -8.01. The van der Waals surface area contributed by atoms with Gasteiger partial charge in [-0.2, -0.15) is 0 Å². The quantitative estimate of drug-likeness (QED) is 0.178. The fourth-order valence-electron chi connectivity index (χ4n) is 9.61. The SMILES string of the molecule is Cn1c2ccc(-c3ccc(-c4ccc(-c5ccc6c(c5)n5c7ccccc7nc5n6-c5ccc6c(c5)sc5nc7ccccc7n56)cc4)cc3)cc2n2c3ccccc3nc12. The summed E-state index contributed by atoms with van der Waals surface area (Å²) in [5.41, 5.74) is 20.2. The molecule has 0 N–H and O–H groups in total. The summed E-state index contributed by atoms with van der Waals surface area (Å²) in [5, 5.41) is 0. The maximum Gasteiger partial charge on any atom is 0.220 e. The van der Waals surface area contributed by atoms with Gasteiger partial charge in [0.2, 0.25) is 11.6 Å². The van der Waals surface area contributed by atoms with Crippen LogP contribution in [0.1, 0.15) is 0 Å². The molecule has 14 aromatic rings. The van der Waals surface area contributed by atoms with Crippen molar-refractivity contribution in [3.63, 3.8) is 0 Å². The number of thiazole rings is 1. The van der Waals surface area contributed by atoms with E-state index >= 15 is 0 Å². The largest absolute Gasteiger partial charge is 0.313 e. The molecule has 61 heavy (non-hydrogen) atoms. The van der Waals surface area contributed by atoms with Crippen LogP contribution in [0.25, 0.3) is 121 Å². The predicted molar refractivity (Wildman–Crippen MR) is 250 cm³/mol. The maximum absolute atomic E-state index is 5.20. The molecule has 0 saturated carbocycles. The van der Waals surface area contributed by atoms with Crippen molar-refractivity contribution < 1.29 is 0 Å². The summed E-state index contributed by atoms with van der Waals surface area (Å²) in [7, 11) is 2.09. The Morgan fingerprint density at radius 1 is 0.361 bits per heavy atom. The summed E-state index contributed by atoms with van der Waals surface area (Å²) < 4.78 is 12.5. The third kappa shape index (κ3) is 4.60. The molecular formula is C52H32N8S. The zero-order valence-corrected chi connectivity index (χ0v) is 33.5. The molecule has 8 aromatic carbocycles. The van der Waals surface area contributed by atoms with Crippen LogP contribution in [0.3, 0.4) is 0 Å². The Morgan fingerprint density at radius 2 is 0.820 bits per heavy atom. The second kappa shape index (κ2) is 12.0. The van der Waals surface area contributed by atoms with Crippen molar-refractivity contribution >= 4 is 93.2 Å². The molecule has 0 unspecified atom stereocenters. The molecule has 6 heterocycles. The van der Waals surface area contributed by atoms with E-state index in [-0.39, 0.29) is 0 Å². The minimum Gasteiger partial charge on any atom is -0.313 e. The van der Waals surface area contributed by atoms with Gasteiger partial charge in [0, 0.05) is 7.05 Å². The van der Waals surface area contributed by atoms with Gasteiger partial charge in [0.05, 0.1) is 71.1 Å². The molecule has 0 saturated heterocycles. The van der Waals surface area contributed by atoms with Gasteiger partial charge in [-0.3, -0.25) is 17.8 Å². The molecule has 6 aromatic heterocycles. The van der Waals surface area contributed by atoms with Gasteiger partial charge >= 0.3 is 0 Å². The van der Waals surface area contributed by atoms with Gasteiger partial charge in [-0.1, -0.05) is 108 Å². The minimum absolute atomic E-state index is 0.894. The second-order valence-electron chi connectivity index (χ2n) is 15.9. The number of benzene rings is 8. The minimum atomic E-state index is 0.894. The monoisotopic (exact) mass is 800 g/mol. The highest BCUT2D eigenvalue weighted by molar-refractivity contribution is 7.23. The molecule has 0 amide bonds. The Kier molecular flexibility index (Phi) is 6.49. The van der Waals surface area contributed by atoms with E-state index in [9.17, 15) is 0 Å². The van der Waals surface area contributed by atoms with Gasteiger partial charge < -0.3 is 4.57 Å². The highest BCUT2D eigenvalue weighted by Crippen LogP contribution is 2.37. The summed E-state index contributed by atoms with van der Waals surface area (Å²) in [6.45, 7) is 0. The van der Waals surface area contributed by atoms with Crippen LogP contribution in [-0.2, 0) is 7.05 Å². The van der Waals surface area contributed by atoms with Crippen molar-refractivity contribution in [2.45, 2.75) is 0 Å². The van der Waals surface area contributed by atoms with Gasteiger partial charge in [-0.25, -0.2) is 15.0 Å². The third-order valence-electron chi connectivity index (χ3n) is 12.6. The fraction of sp³-hybridized carbons (Fsp3) is 0.0192. The van der Waals surface area contributed by atoms with Crippen LogP contribution < -0.4 is 0 Å². The summed E-state index contributed by atoms with van der Waals surface area (Å²) in [4.78, 5) is 16.0. The Labute approximate surface area is 351 Å². The van der Waals surface area contributed by atoms with Crippen molar-refractivity contribution in [1.82, 2.24) is 37.3 Å². The summed E-state index contributed by atoms with van der Waals surface area (Å²) >= 11 is 1.72. The van der Waals surface area contributed by atoms with E-state index in [2.05, 4.69) is 193 Å². The Bertz CT molecular complexity index is 4120. The first-order chi connectivity index (χ1) is 30.1. The van der Waals surface area contributed by atoms with Crippen molar-refractivity contribution in [3.05, 3.63) is 176 Å². The van der Waals surface area contributed by atoms with E-state index in [1.165, 1.54) is 27.0 Å². The van der Waals surface area contributed by atoms with Crippen molar-refractivity contribution in [2.75, 3.05) is 0 Å². The van der Waals surface area contributed by atoms with Crippen LogP contribution in [0.4, 0.5) is 0 Å². The highest BCUT2D eigenvalue weighted by Gasteiger charge is 2.20. The van der Waals surface area contributed by atoms with Crippen molar-refractivity contribution in [3.8, 4) is 39.1 Å². The first kappa shape index (κ1) is 32.9. The van der Waals surface area contributed by atoms with Gasteiger partial charge in [0.15, 0.2) is 4.96 Å². The molecule has 9 heteroatoms. The molecule has 14 rings (SSSR count). The lowest BCUT2D eigenvalue weighted by molar-refractivity contribution is 0.974. The fourth-order valence-corrected chi connectivity index (χ4v) is 10.7. The number of imidazole rings is 5. The van der Waals surface area contributed by atoms with E-state index in [1.54, 1.807) is 11.3 Å². The normalized spacial score (nSPS) is 12.3. The number of hydrogen-bond acceptors (Lipinski definition) is 4. The molecule has 0 atom stereocenters. The Balaban J connectivity index is 0.822. The number of aryl methyl sites for hydroxylation is 1. The van der Waals surface area contributed by atoms with E-state index in [0.717, 1.165) is 94.0 Å². The molecule has 0 fully saturated rings. The number of hydrogen-bond donors (Lipinski definition) is 0. The first-order valence-electron chi connectivity index (χ1n) is 20.4. The molecule has 8 nitrogen and oxygen atoms in total. The number of rotatable bonds is 4. The number of nitrogens with zero attached hydrogens (tertiary/aromatic N) is 8. The summed E-state index contributed by atoms with van der Waals surface area (Å²) in [6, 6.07) is 63.1. The van der Waals surface area contributed by atoms with Gasteiger partial charge in [0.1, 0.15) is 0 Å². The molecule has 0 aliphatic carbocycles. The maximum atomic E-state index is 5.20. The lowest BCUT2D eigenvalue weighted by Gasteiger charge is -2.09. The Morgan fingerprint density at radius 3 is 1.44 bits per heavy atom. The highest BCUT2D eigenvalue weighted by atomic mass is 32.1. The molecule has 0 spiro atoms. The third-order valence-corrected chi connectivity index (χ3v) is 13.6. The number of para-hydroxylation sites is 6. The standard InChI is InChI=1S/C52H32N8S/c1-56-44-25-22-35(28-47(44)58-41-11-5-2-8-38(41)53-50(56)58)33-18-14-31(15-19-33)32-16-20-34(21-17-32)36-23-26-45-48(29-36)59-42-12-6-3-9-39(42)54-51(59)57(45)37-24-27-46-49(30-37)61-52-55-40-10-4-7-13-43(40)60(46)52/h2-30H,1H3. The molecule has 0 aliphatic rings. The van der Waals surface area contributed by atoms with Crippen LogP contribution in [0, 0.1) is 0 Å². The first-order valence-corrected chi connectivity index (χ1v) is 21.2. The van der Waals surface area contributed by atoms with E-state index < -0.39 is 0 Å². The summed E-state index contributed by atoms with van der Waals surface area (Å²) in [5.74, 6) is 1.84. The van der Waals surface area contributed by atoms with E-state index in [1.807, 2.05) is 12.1 Å². The summed E-state index contributed by atoms with van der Waals surface area (Å²) in [6.07, 6.45) is 0. The van der Waals surface area contributed by atoms with Gasteiger partial charge in [-0.15, -0.1) is 0 Å². The van der Waals surface area contributed by atoms with Gasteiger partial charge in [0.25, 0.3) is 0 Å². The smallest absolute Gasteiger partial charge is 0.220 e. The number of fused-ring (bicyclic) bond motifs is 15. The molecule has 0 aliphatic heterocycles. The molecule has 0 radical (unpaired) electrons. The lowest BCUT2D eigenvalue weighted by Crippen LogP contribution is -1.95. The van der Waals surface area contributed by atoms with Crippen molar-refractivity contribution in [2.24, 2.45) is 7.05 Å². The van der Waals surface area contributed by atoms with Crippen LogP contribution in [-0.4, -0.2) is 37.3 Å². The zero-order chi connectivity index (χ0) is 39.9. The van der Waals surface area contributed by atoms with Crippen molar-refractivity contribution in [1.29, 1.82) is 0 Å².